The highest BCUT2D eigenvalue weighted by Crippen LogP contribution is 2.43. The maximum Gasteiger partial charge on any atom is 0.416 e. The molecular formula is C34H42F3N3O5S. The predicted molar refractivity (Wildman–Crippen MR) is 172 cm³/mol. The van der Waals surface area contributed by atoms with Gasteiger partial charge in [-0.15, -0.1) is 0 Å². The van der Waals surface area contributed by atoms with Crippen LogP contribution in [-0.2, 0) is 20.8 Å². The van der Waals surface area contributed by atoms with Crippen molar-refractivity contribution < 1.29 is 36.3 Å². The van der Waals surface area contributed by atoms with Crippen molar-refractivity contribution in [2.45, 2.75) is 75.0 Å². The van der Waals surface area contributed by atoms with Crippen LogP contribution in [0.1, 0.15) is 85.5 Å². The smallest absolute Gasteiger partial charge is 0.394 e. The van der Waals surface area contributed by atoms with Crippen molar-refractivity contribution in [2.24, 2.45) is 5.73 Å². The predicted octanol–water partition coefficient (Wildman–Crippen LogP) is 6.01. The number of alkyl halides is 3. The number of nitrogens with zero attached hydrogens (tertiary/aromatic N) is 1. The van der Waals surface area contributed by atoms with Gasteiger partial charge in [-0.3, -0.25) is 9.59 Å². The van der Waals surface area contributed by atoms with Crippen molar-refractivity contribution >= 4 is 27.8 Å². The van der Waals surface area contributed by atoms with Gasteiger partial charge in [-0.05, 0) is 85.3 Å². The van der Waals surface area contributed by atoms with E-state index in [9.17, 15) is 31.5 Å². The van der Waals surface area contributed by atoms with Crippen LogP contribution < -0.4 is 16.0 Å². The summed E-state index contributed by atoms with van der Waals surface area (Å²) < 4.78 is 63.5. The van der Waals surface area contributed by atoms with Crippen LogP contribution in [0.4, 0.5) is 18.9 Å². The normalized spacial score (nSPS) is 16.9. The summed E-state index contributed by atoms with van der Waals surface area (Å²) in [7, 11) is -3.36. The first kappa shape index (κ1) is 36.6. The molecule has 250 valence electrons. The van der Waals surface area contributed by atoms with Crippen molar-refractivity contribution in [1.82, 2.24) is 5.32 Å². The zero-order chi connectivity index (χ0) is 34.1. The number of aliphatic hydroxyl groups is 1. The number of amides is 2. The van der Waals surface area contributed by atoms with Crippen LogP contribution >= 0.6 is 0 Å². The van der Waals surface area contributed by atoms with Gasteiger partial charge in [-0.1, -0.05) is 45.0 Å². The number of carbonyl (C=O) groups excluding carboxylic acids is 2. The van der Waals surface area contributed by atoms with E-state index in [0.717, 1.165) is 49.1 Å². The zero-order valence-electron chi connectivity index (χ0n) is 26.3. The van der Waals surface area contributed by atoms with Crippen molar-refractivity contribution in [1.29, 1.82) is 0 Å². The molecule has 1 saturated heterocycles. The Labute approximate surface area is 268 Å². The Morgan fingerprint density at radius 2 is 1.59 bits per heavy atom. The molecule has 0 bridgehead atoms. The Balaban J connectivity index is 0.00000185. The van der Waals surface area contributed by atoms with Crippen LogP contribution in [0, 0.1) is 0 Å². The molecule has 46 heavy (non-hydrogen) atoms. The molecule has 2 atom stereocenters. The van der Waals surface area contributed by atoms with Gasteiger partial charge in [0.15, 0.2) is 9.84 Å². The van der Waals surface area contributed by atoms with E-state index in [1.807, 2.05) is 12.1 Å². The molecule has 0 saturated carbocycles. The van der Waals surface area contributed by atoms with Crippen molar-refractivity contribution in [3.05, 3.63) is 95.1 Å². The molecule has 3 aromatic carbocycles. The Morgan fingerprint density at radius 1 is 1.02 bits per heavy atom. The van der Waals surface area contributed by atoms with E-state index in [2.05, 4.69) is 29.8 Å². The Hall–Kier alpha value is -3.90. The second kappa shape index (κ2) is 15.6. The molecule has 1 heterocycles. The summed E-state index contributed by atoms with van der Waals surface area (Å²) in [5, 5.41) is 12.8. The summed E-state index contributed by atoms with van der Waals surface area (Å²) >= 11 is 0. The maximum atomic E-state index is 13.1. The SMILES string of the molecule is CCC1(CC)CCC(c2ccc(C(F)(F)F)cc2)CN1c1ccc(C(=O)N[C@@H](CO)c2ccc(S(=O)(=O)CC)cc2)cc1.NC=O. The fourth-order valence-corrected chi connectivity index (χ4v) is 6.89. The topological polar surface area (TPSA) is 130 Å². The fourth-order valence-electron chi connectivity index (χ4n) is 6.01. The number of aliphatic hydroxyl groups excluding tert-OH is 1. The van der Waals surface area contributed by atoms with E-state index >= 15 is 0 Å². The minimum absolute atomic E-state index is 0.0206. The van der Waals surface area contributed by atoms with Gasteiger partial charge in [0.1, 0.15) is 0 Å². The highest BCUT2D eigenvalue weighted by atomic mass is 32.2. The van der Waals surface area contributed by atoms with Gasteiger partial charge in [0.25, 0.3) is 5.91 Å². The molecule has 0 aliphatic carbocycles. The largest absolute Gasteiger partial charge is 0.416 e. The monoisotopic (exact) mass is 661 g/mol. The number of halogens is 3. The molecule has 1 aliphatic rings. The molecule has 0 aromatic heterocycles. The molecule has 8 nitrogen and oxygen atoms in total. The fraction of sp³-hybridized carbons (Fsp3) is 0.412. The Bertz CT molecular complexity index is 1540. The number of hydrogen-bond donors (Lipinski definition) is 3. The number of nitrogens with two attached hydrogens (primary N) is 1. The lowest BCUT2D eigenvalue weighted by Crippen LogP contribution is -2.53. The number of sulfone groups is 1. The molecule has 0 radical (unpaired) electrons. The molecule has 4 N–H and O–H groups in total. The molecule has 0 spiro atoms. The lowest BCUT2D eigenvalue weighted by molar-refractivity contribution is -0.137. The maximum absolute atomic E-state index is 13.1. The van der Waals surface area contributed by atoms with Gasteiger partial charge in [-0.25, -0.2) is 8.42 Å². The van der Waals surface area contributed by atoms with Gasteiger partial charge in [0, 0.05) is 29.3 Å². The number of rotatable bonds is 10. The lowest BCUT2D eigenvalue weighted by atomic mass is 9.76. The summed E-state index contributed by atoms with van der Waals surface area (Å²) in [5.41, 5.74) is 6.21. The summed E-state index contributed by atoms with van der Waals surface area (Å²) in [5.74, 6) is -0.331. The van der Waals surface area contributed by atoms with E-state index < -0.39 is 27.6 Å². The number of carbonyl (C=O) groups is 2. The average Bonchev–Trinajstić information content (AvgIpc) is 3.07. The number of primary amides is 1. The van der Waals surface area contributed by atoms with E-state index in [1.54, 1.807) is 43.3 Å². The van der Waals surface area contributed by atoms with Crippen LogP contribution in [0.2, 0.25) is 0 Å². The molecule has 4 rings (SSSR count). The second-order valence-electron chi connectivity index (χ2n) is 11.3. The van der Waals surface area contributed by atoms with E-state index in [1.165, 1.54) is 12.1 Å². The van der Waals surface area contributed by atoms with Crippen LogP contribution in [0.15, 0.2) is 77.7 Å². The summed E-state index contributed by atoms with van der Waals surface area (Å²) in [6.07, 6.45) is -0.545. The number of anilines is 1. The molecule has 12 heteroatoms. The molecule has 2 amide bonds. The second-order valence-corrected chi connectivity index (χ2v) is 13.5. The molecule has 1 fully saturated rings. The summed E-state index contributed by atoms with van der Waals surface area (Å²) in [6.45, 7) is 6.15. The van der Waals surface area contributed by atoms with Crippen molar-refractivity contribution in [2.75, 3.05) is 23.8 Å². The number of nitrogens with one attached hydrogen (secondary N) is 1. The number of hydrogen-bond acceptors (Lipinski definition) is 6. The van der Waals surface area contributed by atoms with Gasteiger partial charge < -0.3 is 21.1 Å². The van der Waals surface area contributed by atoms with Crippen LogP contribution in [-0.4, -0.2) is 50.3 Å². The first-order valence-corrected chi connectivity index (χ1v) is 16.9. The van der Waals surface area contributed by atoms with Gasteiger partial charge in [0.05, 0.1) is 28.9 Å². The van der Waals surface area contributed by atoms with Gasteiger partial charge in [-0.2, -0.15) is 13.2 Å². The van der Waals surface area contributed by atoms with Gasteiger partial charge in [0.2, 0.25) is 6.41 Å². The highest BCUT2D eigenvalue weighted by Gasteiger charge is 2.40. The Kier molecular flexibility index (Phi) is 12.4. The quantitative estimate of drug-likeness (QED) is 0.229. The standard InChI is InChI=1S/C33H39F3N2O4S.CH3NO/c1-4-32(5-2)20-19-26(23-7-13-27(14-8-23)33(34,35)36)21-38(32)28-15-9-25(10-16-28)31(40)37-30(22-39)24-11-17-29(18-12-24)43(41,42)6-3;2-1-3/h7-18,26,30,39H,4-6,19-22H2,1-3H3,(H,37,40);1H,(H2,2,3)/t26?,30-;/m0./s1. The van der Waals surface area contributed by atoms with E-state index in [4.69, 9.17) is 4.79 Å². The minimum atomic E-state index is -4.37. The molecule has 1 unspecified atom stereocenters. The third kappa shape index (κ3) is 8.47. The number of benzene rings is 3. The van der Waals surface area contributed by atoms with E-state index in [0.29, 0.717) is 17.7 Å². The van der Waals surface area contributed by atoms with Crippen molar-refractivity contribution in [3.63, 3.8) is 0 Å². The third-order valence-electron chi connectivity index (χ3n) is 8.91. The first-order chi connectivity index (χ1) is 21.8. The van der Waals surface area contributed by atoms with Crippen LogP contribution in [0.3, 0.4) is 0 Å². The molecular weight excluding hydrogens is 619 g/mol. The highest BCUT2D eigenvalue weighted by molar-refractivity contribution is 7.91. The average molecular weight is 662 g/mol. The third-order valence-corrected chi connectivity index (χ3v) is 10.7. The molecule has 3 aromatic rings. The van der Waals surface area contributed by atoms with Crippen LogP contribution in [0.5, 0.6) is 0 Å². The van der Waals surface area contributed by atoms with Gasteiger partial charge >= 0.3 is 6.18 Å². The minimum Gasteiger partial charge on any atom is -0.394 e. The first-order valence-electron chi connectivity index (χ1n) is 15.2. The zero-order valence-corrected chi connectivity index (χ0v) is 27.1. The summed E-state index contributed by atoms with van der Waals surface area (Å²) in [6, 6.07) is 18.1. The summed E-state index contributed by atoms with van der Waals surface area (Å²) in [4.78, 5) is 24.2. The van der Waals surface area contributed by atoms with Crippen LogP contribution in [0.25, 0.3) is 0 Å². The van der Waals surface area contributed by atoms with E-state index in [-0.39, 0.29) is 41.0 Å². The molecule has 1 aliphatic heterocycles. The Morgan fingerprint density at radius 3 is 2.07 bits per heavy atom. The number of piperidine rings is 1. The lowest BCUT2D eigenvalue weighted by Gasteiger charge is -2.51. The van der Waals surface area contributed by atoms with Crippen molar-refractivity contribution in [3.8, 4) is 0 Å².